The average Bonchev–Trinajstić information content (AvgIpc) is 3.37. The fourth-order valence-corrected chi connectivity index (χ4v) is 7.01. The zero-order valence-electron chi connectivity index (χ0n) is 23.5. The summed E-state index contributed by atoms with van der Waals surface area (Å²) in [5.41, 5.74) is 1.85. The molecule has 1 aliphatic heterocycles. The van der Waals surface area contributed by atoms with Gasteiger partial charge in [-0.05, 0) is 30.2 Å². The number of thioether (sulfide) groups is 1. The minimum atomic E-state index is -0.802. The number of carbonyl (C=O) groups is 3. The number of hydrogen-bond acceptors (Lipinski definition) is 7. The van der Waals surface area contributed by atoms with Crippen molar-refractivity contribution in [2.24, 2.45) is 5.92 Å². The van der Waals surface area contributed by atoms with Crippen LogP contribution in [-0.4, -0.2) is 77.4 Å². The Morgan fingerprint density at radius 2 is 1.78 bits per heavy atom. The largest absolute Gasteiger partial charge is 0.354 e. The molecule has 1 aromatic heterocycles. The van der Waals surface area contributed by atoms with Crippen molar-refractivity contribution in [1.29, 1.82) is 0 Å². The number of rotatable bonds is 13. The summed E-state index contributed by atoms with van der Waals surface area (Å²) in [6.07, 6.45) is 1.05. The number of halogens is 1. The molecular weight excluding hydrogens is 578 g/mol. The van der Waals surface area contributed by atoms with Crippen LogP contribution in [0.2, 0.25) is 5.02 Å². The van der Waals surface area contributed by atoms with Gasteiger partial charge in [-0.25, -0.2) is 4.98 Å². The summed E-state index contributed by atoms with van der Waals surface area (Å²) in [7, 11) is 0. The normalized spacial score (nSPS) is 16.1. The van der Waals surface area contributed by atoms with Crippen LogP contribution in [0, 0.1) is 5.92 Å². The van der Waals surface area contributed by atoms with Gasteiger partial charge in [-0.2, -0.15) is 11.8 Å². The van der Waals surface area contributed by atoms with Crippen LogP contribution in [0.1, 0.15) is 30.8 Å². The lowest BCUT2D eigenvalue weighted by Gasteiger charge is -2.29. The van der Waals surface area contributed by atoms with E-state index in [0.29, 0.717) is 11.4 Å². The molecule has 0 bridgehead atoms. The Hall–Kier alpha value is -2.66. The fourth-order valence-electron chi connectivity index (χ4n) is 4.74. The summed E-state index contributed by atoms with van der Waals surface area (Å²) >= 11 is 9.54. The van der Waals surface area contributed by atoms with Crippen LogP contribution >= 0.6 is 34.7 Å². The van der Waals surface area contributed by atoms with Crippen molar-refractivity contribution in [2.45, 2.75) is 45.2 Å². The quantitative estimate of drug-likeness (QED) is 0.269. The molecule has 3 aromatic rings. The first-order chi connectivity index (χ1) is 19.8. The van der Waals surface area contributed by atoms with Gasteiger partial charge in [-0.15, -0.1) is 11.3 Å². The van der Waals surface area contributed by atoms with E-state index in [1.165, 1.54) is 11.3 Å². The maximum atomic E-state index is 13.6. The van der Waals surface area contributed by atoms with Crippen LogP contribution < -0.4 is 16.0 Å². The number of nitrogens with zero attached hydrogens (tertiary/aromatic N) is 2. The summed E-state index contributed by atoms with van der Waals surface area (Å²) in [5.74, 6) is 1.49. The number of fused-ring (bicyclic) bond motifs is 1. The van der Waals surface area contributed by atoms with Crippen molar-refractivity contribution in [3.63, 3.8) is 0 Å². The van der Waals surface area contributed by atoms with Gasteiger partial charge in [0.05, 0.1) is 21.3 Å². The Kier molecular flexibility index (Phi) is 11.9. The van der Waals surface area contributed by atoms with Gasteiger partial charge in [0.15, 0.2) is 0 Å². The molecule has 2 heterocycles. The van der Waals surface area contributed by atoms with Crippen LogP contribution in [0.25, 0.3) is 10.2 Å². The van der Waals surface area contributed by atoms with Crippen molar-refractivity contribution >= 4 is 62.6 Å². The van der Waals surface area contributed by atoms with Gasteiger partial charge in [0.25, 0.3) is 0 Å². The highest BCUT2D eigenvalue weighted by atomic mass is 35.5. The predicted molar refractivity (Wildman–Crippen MR) is 169 cm³/mol. The van der Waals surface area contributed by atoms with E-state index in [9.17, 15) is 14.4 Å². The first kappa shape index (κ1) is 31.3. The number of aromatic nitrogens is 1. The molecule has 220 valence electrons. The van der Waals surface area contributed by atoms with Crippen molar-refractivity contribution in [3.8, 4) is 0 Å². The highest BCUT2D eigenvalue weighted by Gasteiger charge is 2.26. The summed E-state index contributed by atoms with van der Waals surface area (Å²) < 4.78 is 0.926. The van der Waals surface area contributed by atoms with E-state index in [1.54, 1.807) is 13.0 Å². The lowest BCUT2D eigenvalue weighted by Crippen LogP contribution is -2.54. The Bertz CT molecular complexity index is 1320. The molecule has 0 radical (unpaired) electrons. The molecule has 11 heteroatoms. The maximum Gasteiger partial charge on any atom is 0.243 e. The van der Waals surface area contributed by atoms with Gasteiger partial charge in [0.2, 0.25) is 17.7 Å². The third-order valence-electron chi connectivity index (χ3n) is 7.02. The van der Waals surface area contributed by atoms with Gasteiger partial charge < -0.3 is 20.9 Å². The molecule has 0 spiro atoms. The fraction of sp³-hybridized carbons (Fsp3) is 0.467. The van der Waals surface area contributed by atoms with E-state index in [2.05, 4.69) is 25.8 Å². The number of carbonyl (C=O) groups excluding carboxylic acids is 3. The molecule has 2 unspecified atom stereocenters. The molecule has 4 rings (SSSR count). The maximum absolute atomic E-state index is 13.6. The SMILES string of the molecule is CCC(=O)N[C@@H](Cc1nc2ccc(Cl)cc2s1)C(=O)NC(CNC(=O)C(C)CN1CCSCC1)Cc1ccccc1. The van der Waals surface area contributed by atoms with Crippen molar-refractivity contribution < 1.29 is 14.4 Å². The Morgan fingerprint density at radius 1 is 1.02 bits per heavy atom. The van der Waals surface area contributed by atoms with E-state index in [1.807, 2.05) is 61.2 Å². The molecule has 0 saturated carbocycles. The molecule has 1 fully saturated rings. The molecule has 0 aliphatic carbocycles. The first-order valence-electron chi connectivity index (χ1n) is 14.1. The monoisotopic (exact) mass is 615 g/mol. The smallest absolute Gasteiger partial charge is 0.243 e. The van der Waals surface area contributed by atoms with Crippen LogP contribution in [0.15, 0.2) is 48.5 Å². The molecule has 41 heavy (non-hydrogen) atoms. The molecule has 3 N–H and O–H groups in total. The lowest BCUT2D eigenvalue weighted by molar-refractivity contribution is -0.129. The average molecular weight is 616 g/mol. The van der Waals surface area contributed by atoms with Gasteiger partial charge in [-0.3, -0.25) is 14.4 Å². The molecule has 3 atom stereocenters. The van der Waals surface area contributed by atoms with Gasteiger partial charge >= 0.3 is 0 Å². The Balaban J connectivity index is 1.44. The molecule has 2 aromatic carbocycles. The van der Waals surface area contributed by atoms with Crippen molar-refractivity contribution in [2.75, 3.05) is 37.7 Å². The molecule has 1 saturated heterocycles. The highest BCUT2D eigenvalue weighted by Crippen LogP contribution is 2.26. The summed E-state index contributed by atoms with van der Waals surface area (Å²) in [5, 5.41) is 10.4. The third kappa shape index (κ3) is 9.70. The second kappa shape index (κ2) is 15.5. The van der Waals surface area contributed by atoms with E-state index in [4.69, 9.17) is 11.6 Å². The summed E-state index contributed by atoms with van der Waals surface area (Å²) in [6, 6.07) is 14.2. The zero-order chi connectivity index (χ0) is 29.2. The van der Waals surface area contributed by atoms with Crippen LogP contribution in [-0.2, 0) is 27.2 Å². The molecule has 8 nitrogen and oxygen atoms in total. The zero-order valence-corrected chi connectivity index (χ0v) is 25.9. The summed E-state index contributed by atoms with van der Waals surface area (Å²) in [6.45, 7) is 6.71. The standard InChI is InChI=1S/C30H38ClN5O3S2/c1-3-27(37)34-25(17-28-35-24-10-9-22(31)16-26(24)41-28)30(39)33-23(15-21-7-5-4-6-8-21)18-32-29(38)20(2)19-36-11-13-40-14-12-36/h4-10,16,20,23,25H,3,11-15,17-19H2,1-2H3,(H,32,38)(H,33,39)(H,34,37)/t20?,23?,25-/m0/s1. The Labute approximate surface area is 255 Å². The number of benzene rings is 2. The van der Waals surface area contributed by atoms with Crippen LogP contribution in [0.4, 0.5) is 0 Å². The number of hydrogen-bond donors (Lipinski definition) is 3. The minimum Gasteiger partial charge on any atom is -0.354 e. The van der Waals surface area contributed by atoms with Crippen LogP contribution in [0.5, 0.6) is 0 Å². The number of thiazole rings is 1. The molecule has 1 aliphatic rings. The molecular formula is C30H38ClN5O3S2. The summed E-state index contributed by atoms with van der Waals surface area (Å²) in [4.78, 5) is 46.0. The van der Waals surface area contributed by atoms with E-state index < -0.39 is 6.04 Å². The number of amides is 3. The van der Waals surface area contributed by atoms with E-state index >= 15 is 0 Å². The minimum absolute atomic E-state index is 0.0282. The Morgan fingerprint density at radius 3 is 2.51 bits per heavy atom. The van der Waals surface area contributed by atoms with Crippen molar-refractivity contribution in [3.05, 3.63) is 64.1 Å². The topological polar surface area (TPSA) is 103 Å². The van der Waals surface area contributed by atoms with Gasteiger partial charge in [0.1, 0.15) is 6.04 Å². The second-order valence-electron chi connectivity index (χ2n) is 10.4. The van der Waals surface area contributed by atoms with Gasteiger partial charge in [-0.1, -0.05) is 55.8 Å². The first-order valence-corrected chi connectivity index (χ1v) is 16.4. The third-order valence-corrected chi connectivity index (χ3v) is 9.24. The van der Waals surface area contributed by atoms with Crippen molar-refractivity contribution in [1.82, 2.24) is 25.8 Å². The molecule has 3 amide bonds. The van der Waals surface area contributed by atoms with E-state index in [0.717, 1.165) is 51.9 Å². The van der Waals surface area contributed by atoms with E-state index in [-0.39, 0.29) is 49.1 Å². The van der Waals surface area contributed by atoms with Crippen LogP contribution in [0.3, 0.4) is 0 Å². The predicted octanol–water partition coefficient (Wildman–Crippen LogP) is 3.92. The van der Waals surface area contributed by atoms with Gasteiger partial charge in [0, 0.05) is 61.5 Å². The highest BCUT2D eigenvalue weighted by molar-refractivity contribution is 7.99. The second-order valence-corrected chi connectivity index (χ2v) is 13.1. The number of nitrogens with one attached hydrogen (secondary N) is 3. The lowest BCUT2D eigenvalue weighted by atomic mass is 10.0.